The van der Waals surface area contributed by atoms with Crippen molar-refractivity contribution in [3.8, 4) is 11.5 Å². The number of phenolic OH excluding ortho intramolecular Hbond substituents is 1. The fourth-order valence-corrected chi connectivity index (χ4v) is 5.47. The fraction of sp³-hybridized carbons (Fsp3) is 0.292. The maximum Gasteiger partial charge on any atom is 0.412 e. The molecule has 2 unspecified atom stereocenters. The summed E-state index contributed by atoms with van der Waals surface area (Å²) in [6.45, 7) is 2.02. The molecule has 39 heavy (non-hydrogen) atoms. The maximum absolute atomic E-state index is 12.3. The molecule has 0 aliphatic carbocycles. The number of hydrogen-bond acceptors (Lipinski definition) is 12. The Labute approximate surface area is 226 Å². The molecule has 0 amide bonds. The van der Waals surface area contributed by atoms with E-state index in [1.54, 1.807) is 30.6 Å². The molecular formula is C24H31N7O6P2. The Bertz CT molecular complexity index is 1470. The van der Waals surface area contributed by atoms with Gasteiger partial charge in [-0.15, -0.1) is 4.67 Å². The van der Waals surface area contributed by atoms with Gasteiger partial charge in [-0.25, -0.2) is 14.8 Å². The second-order valence-corrected chi connectivity index (χ2v) is 12.3. The van der Waals surface area contributed by atoms with Crippen molar-refractivity contribution in [1.82, 2.24) is 24.4 Å². The van der Waals surface area contributed by atoms with Crippen molar-refractivity contribution < 1.29 is 28.7 Å². The fourth-order valence-electron chi connectivity index (χ4n) is 3.70. The first-order valence-corrected chi connectivity index (χ1v) is 15.1. The second kappa shape index (κ2) is 13.1. The molecule has 208 valence electrons. The number of hydrogen-bond donors (Lipinski definition) is 4. The van der Waals surface area contributed by atoms with Crippen LogP contribution in [0.1, 0.15) is 5.56 Å². The lowest BCUT2D eigenvalue weighted by Crippen LogP contribution is -2.21. The molecule has 0 bridgehead atoms. The molecule has 4 aromatic rings. The molecule has 0 fully saturated rings. The second-order valence-electron chi connectivity index (χ2n) is 8.94. The van der Waals surface area contributed by atoms with E-state index in [1.165, 1.54) is 12.1 Å². The van der Waals surface area contributed by atoms with Crippen molar-refractivity contribution >= 4 is 44.7 Å². The third-order valence-corrected chi connectivity index (χ3v) is 8.76. The molecule has 4 N–H and O–H groups in total. The SMILES string of the molecule is CN(C)CCNc1nc(Nc2ccc(OP(=O)(C[PH2]=O)OO)cc2)c2ncn(CCc3cccc(O)c3)c2n1. The van der Waals surface area contributed by atoms with E-state index in [1.807, 2.05) is 35.7 Å². The van der Waals surface area contributed by atoms with Crippen LogP contribution in [0.2, 0.25) is 0 Å². The monoisotopic (exact) mass is 575 g/mol. The standard InChI is InChI=1S/C24H31N7O6P2/c1-30(2)13-11-25-24-28-22(27-18-6-8-20(9-7-18)36-39(35,37-33)16-38-34)21-23(29-24)31(15-26-21)12-10-17-4-3-5-19(32)14-17/h3-9,14-15,32-33H,10-13,16,38H2,1-2H3,(H2,25,27,28,29). The first-order chi connectivity index (χ1) is 18.8. The van der Waals surface area contributed by atoms with Gasteiger partial charge in [-0.05, 0) is 62.5 Å². The molecule has 0 spiro atoms. The van der Waals surface area contributed by atoms with Gasteiger partial charge in [0.15, 0.2) is 17.0 Å². The summed E-state index contributed by atoms with van der Waals surface area (Å²) in [6, 6.07) is 13.6. The number of imidazole rings is 1. The van der Waals surface area contributed by atoms with Crippen molar-refractivity contribution in [2.75, 3.05) is 43.7 Å². The number of nitrogens with zero attached hydrogens (tertiary/aromatic N) is 5. The molecule has 13 nitrogen and oxygen atoms in total. The Morgan fingerprint density at radius 1 is 1.15 bits per heavy atom. The summed E-state index contributed by atoms with van der Waals surface area (Å²) in [5.74, 6) is 0.948. The highest BCUT2D eigenvalue weighted by Gasteiger charge is 2.25. The number of phenols is 1. The van der Waals surface area contributed by atoms with Crippen LogP contribution in [0.25, 0.3) is 11.2 Å². The van der Waals surface area contributed by atoms with E-state index in [4.69, 9.17) is 14.8 Å². The predicted molar refractivity (Wildman–Crippen MR) is 151 cm³/mol. The largest absolute Gasteiger partial charge is 0.508 e. The number of likely N-dealkylation sites (N-methyl/N-ethyl adjacent to an activating group) is 1. The normalized spacial score (nSPS) is 13.2. The van der Waals surface area contributed by atoms with Crippen LogP contribution < -0.4 is 15.2 Å². The van der Waals surface area contributed by atoms with Crippen LogP contribution in [0.4, 0.5) is 17.5 Å². The average molecular weight is 576 g/mol. The van der Waals surface area contributed by atoms with Gasteiger partial charge < -0.3 is 34.3 Å². The highest BCUT2D eigenvalue weighted by molar-refractivity contribution is 7.62. The summed E-state index contributed by atoms with van der Waals surface area (Å²) in [5, 5.41) is 25.2. The summed E-state index contributed by atoms with van der Waals surface area (Å²) in [4.78, 5) is 15.9. The average Bonchev–Trinajstić information content (AvgIpc) is 3.32. The van der Waals surface area contributed by atoms with E-state index in [-0.39, 0.29) is 17.4 Å². The molecule has 2 aromatic carbocycles. The molecule has 2 heterocycles. The maximum atomic E-state index is 12.3. The summed E-state index contributed by atoms with van der Waals surface area (Å²) >= 11 is 0. The van der Waals surface area contributed by atoms with E-state index >= 15 is 0 Å². The van der Waals surface area contributed by atoms with Crippen molar-refractivity contribution in [2.24, 2.45) is 0 Å². The highest BCUT2D eigenvalue weighted by atomic mass is 31.2. The van der Waals surface area contributed by atoms with Gasteiger partial charge in [0.2, 0.25) is 5.95 Å². The van der Waals surface area contributed by atoms with E-state index in [0.717, 1.165) is 12.1 Å². The Balaban J connectivity index is 1.58. The van der Waals surface area contributed by atoms with Gasteiger partial charge in [0.1, 0.15) is 17.4 Å². The van der Waals surface area contributed by atoms with Crippen LogP contribution >= 0.6 is 16.1 Å². The van der Waals surface area contributed by atoms with Crippen LogP contribution in [0.3, 0.4) is 0 Å². The number of anilines is 3. The van der Waals surface area contributed by atoms with Gasteiger partial charge in [-0.1, -0.05) is 12.1 Å². The minimum atomic E-state index is -3.89. The van der Waals surface area contributed by atoms with E-state index in [2.05, 4.69) is 25.3 Å². The zero-order valence-electron chi connectivity index (χ0n) is 21.5. The summed E-state index contributed by atoms with van der Waals surface area (Å²) in [5.41, 5.74) is 2.84. The Morgan fingerprint density at radius 3 is 2.64 bits per heavy atom. The van der Waals surface area contributed by atoms with Crippen LogP contribution in [0.5, 0.6) is 11.5 Å². The molecule has 2 aromatic heterocycles. The number of aromatic nitrogens is 4. The number of nitrogens with one attached hydrogen (secondary N) is 2. The lowest BCUT2D eigenvalue weighted by atomic mass is 10.1. The van der Waals surface area contributed by atoms with Crippen molar-refractivity contribution in [3.05, 3.63) is 60.4 Å². The van der Waals surface area contributed by atoms with E-state index in [9.17, 15) is 14.2 Å². The Morgan fingerprint density at radius 2 is 1.95 bits per heavy atom. The smallest absolute Gasteiger partial charge is 0.412 e. The Kier molecular flexibility index (Phi) is 9.55. The van der Waals surface area contributed by atoms with Gasteiger partial charge in [0.25, 0.3) is 0 Å². The lowest BCUT2D eigenvalue weighted by Gasteiger charge is -2.14. The quantitative estimate of drug-likeness (QED) is 0.0961. The van der Waals surface area contributed by atoms with E-state index < -0.39 is 16.1 Å². The summed E-state index contributed by atoms with van der Waals surface area (Å²) in [7, 11) is -1.35. The first kappa shape index (κ1) is 28.5. The minimum Gasteiger partial charge on any atom is -0.508 e. The molecule has 4 rings (SSSR count). The number of fused-ring (bicyclic) bond motifs is 1. The van der Waals surface area contributed by atoms with Gasteiger partial charge in [0, 0.05) is 25.3 Å². The summed E-state index contributed by atoms with van der Waals surface area (Å²) < 4.78 is 34.3. The first-order valence-electron chi connectivity index (χ1n) is 12.1. The lowest BCUT2D eigenvalue weighted by molar-refractivity contribution is -0.143. The van der Waals surface area contributed by atoms with Crippen molar-refractivity contribution in [2.45, 2.75) is 13.0 Å². The molecule has 0 aliphatic heterocycles. The third kappa shape index (κ3) is 7.78. The number of benzene rings is 2. The van der Waals surface area contributed by atoms with Gasteiger partial charge in [-0.2, -0.15) is 9.97 Å². The molecule has 0 radical (unpaired) electrons. The zero-order valence-corrected chi connectivity index (χ0v) is 23.6. The van der Waals surface area contributed by atoms with Crippen molar-refractivity contribution in [3.63, 3.8) is 0 Å². The topological polar surface area (TPSA) is 164 Å². The van der Waals surface area contributed by atoms with Crippen LogP contribution in [-0.2, 0) is 26.8 Å². The van der Waals surface area contributed by atoms with Crippen LogP contribution in [-0.4, -0.2) is 67.9 Å². The molecule has 15 heteroatoms. The van der Waals surface area contributed by atoms with Gasteiger partial charge >= 0.3 is 7.60 Å². The summed E-state index contributed by atoms with van der Waals surface area (Å²) in [6.07, 6.45) is 2.38. The molecule has 0 saturated heterocycles. The van der Waals surface area contributed by atoms with E-state index in [0.29, 0.717) is 48.1 Å². The predicted octanol–water partition coefficient (Wildman–Crippen LogP) is 4.27. The van der Waals surface area contributed by atoms with Gasteiger partial charge in [0.05, 0.1) is 14.8 Å². The van der Waals surface area contributed by atoms with Gasteiger partial charge in [-0.3, -0.25) is 0 Å². The van der Waals surface area contributed by atoms with Crippen molar-refractivity contribution in [1.29, 1.82) is 0 Å². The highest BCUT2D eigenvalue weighted by Crippen LogP contribution is 2.49. The van der Waals surface area contributed by atoms with Crippen LogP contribution in [0, 0.1) is 0 Å². The molecular weight excluding hydrogens is 544 g/mol. The van der Waals surface area contributed by atoms with Crippen LogP contribution in [0.15, 0.2) is 54.9 Å². The number of aryl methyl sites for hydroxylation is 2. The Hall–Kier alpha value is -3.47. The molecule has 0 saturated carbocycles. The number of rotatable bonds is 14. The third-order valence-electron chi connectivity index (χ3n) is 5.64. The molecule has 0 aliphatic rings. The zero-order chi connectivity index (χ0) is 27.8. The number of aromatic hydroxyl groups is 1. The minimum absolute atomic E-state index is 0.181. The molecule has 2 atom stereocenters.